The van der Waals surface area contributed by atoms with Gasteiger partial charge in [-0.1, -0.05) is 20.8 Å². The van der Waals surface area contributed by atoms with E-state index in [-0.39, 0.29) is 23.5 Å². The lowest BCUT2D eigenvalue weighted by atomic mass is 9.97. The van der Waals surface area contributed by atoms with Gasteiger partial charge >= 0.3 is 0 Å². The van der Waals surface area contributed by atoms with Crippen LogP contribution in [0.2, 0.25) is 0 Å². The molecule has 0 radical (unpaired) electrons. The van der Waals surface area contributed by atoms with Crippen LogP contribution in [0.1, 0.15) is 33.6 Å². The van der Waals surface area contributed by atoms with Crippen molar-refractivity contribution >= 4 is 5.91 Å². The lowest BCUT2D eigenvalue weighted by molar-refractivity contribution is -0.132. The standard InChI is InChI=1S/C11H22N2O2/c1-11(2,3)7-13-10(14)9-5-4-8(6-12)15-9/h8-9H,4-7,12H2,1-3H3,(H,13,14). The van der Waals surface area contributed by atoms with E-state index in [2.05, 4.69) is 26.1 Å². The maximum atomic E-state index is 11.7. The molecule has 0 aromatic carbocycles. The molecular weight excluding hydrogens is 192 g/mol. The molecule has 0 spiro atoms. The molecule has 1 aliphatic rings. The topological polar surface area (TPSA) is 64.4 Å². The van der Waals surface area contributed by atoms with Crippen molar-refractivity contribution in [3.63, 3.8) is 0 Å². The van der Waals surface area contributed by atoms with Crippen molar-refractivity contribution < 1.29 is 9.53 Å². The van der Waals surface area contributed by atoms with Crippen LogP contribution in [-0.4, -0.2) is 31.2 Å². The van der Waals surface area contributed by atoms with Gasteiger partial charge in [0.2, 0.25) is 5.91 Å². The highest BCUT2D eigenvalue weighted by atomic mass is 16.5. The Morgan fingerprint density at radius 2 is 2.13 bits per heavy atom. The average Bonchev–Trinajstić information content (AvgIpc) is 2.61. The van der Waals surface area contributed by atoms with E-state index < -0.39 is 0 Å². The fourth-order valence-electron chi connectivity index (χ4n) is 1.54. The summed E-state index contributed by atoms with van der Waals surface area (Å²) in [5.41, 5.74) is 5.60. The molecule has 15 heavy (non-hydrogen) atoms. The van der Waals surface area contributed by atoms with Gasteiger partial charge in [-0.2, -0.15) is 0 Å². The molecule has 4 nitrogen and oxygen atoms in total. The maximum Gasteiger partial charge on any atom is 0.249 e. The molecule has 0 aromatic heterocycles. The van der Waals surface area contributed by atoms with Gasteiger partial charge < -0.3 is 15.8 Å². The minimum Gasteiger partial charge on any atom is -0.364 e. The number of hydrogen-bond donors (Lipinski definition) is 2. The fourth-order valence-corrected chi connectivity index (χ4v) is 1.54. The van der Waals surface area contributed by atoms with Gasteiger partial charge in [-0.05, 0) is 18.3 Å². The third kappa shape index (κ3) is 4.18. The van der Waals surface area contributed by atoms with Crippen LogP contribution in [0.25, 0.3) is 0 Å². The van der Waals surface area contributed by atoms with Crippen LogP contribution in [0, 0.1) is 5.41 Å². The van der Waals surface area contributed by atoms with E-state index >= 15 is 0 Å². The smallest absolute Gasteiger partial charge is 0.249 e. The predicted octanol–water partition coefficient (Wildman–Crippen LogP) is 0.655. The third-order valence-electron chi connectivity index (χ3n) is 2.46. The largest absolute Gasteiger partial charge is 0.364 e. The van der Waals surface area contributed by atoms with Crippen LogP contribution in [0.3, 0.4) is 0 Å². The first kappa shape index (κ1) is 12.5. The number of carbonyl (C=O) groups is 1. The van der Waals surface area contributed by atoms with Crippen molar-refractivity contribution in [1.29, 1.82) is 0 Å². The van der Waals surface area contributed by atoms with Gasteiger partial charge in [-0.25, -0.2) is 0 Å². The van der Waals surface area contributed by atoms with Gasteiger partial charge in [-0.15, -0.1) is 0 Å². The average molecular weight is 214 g/mol. The number of hydrogen-bond acceptors (Lipinski definition) is 3. The van der Waals surface area contributed by atoms with Crippen LogP contribution in [0.5, 0.6) is 0 Å². The number of nitrogens with one attached hydrogen (secondary N) is 1. The van der Waals surface area contributed by atoms with Gasteiger partial charge in [0.25, 0.3) is 0 Å². The van der Waals surface area contributed by atoms with Crippen LogP contribution < -0.4 is 11.1 Å². The summed E-state index contributed by atoms with van der Waals surface area (Å²) in [5, 5.41) is 2.90. The molecule has 1 fully saturated rings. The van der Waals surface area contributed by atoms with Crippen molar-refractivity contribution in [2.24, 2.45) is 11.1 Å². The van der Waals surface area contributed by atoms with E-state index in [9.17, 15) is 4.79 Å². The molecule has 1 heterocycles. The predicted molar refractivity (Wildman–Crippen MR) is 59.4 cm³/mol. The highest BCUT2D eigenvalue weighted by Gasteiger charge is 2.30. The molecule has 0 aromatic rings. The molecule has 1 amide bonds. The second-order valence-electron chi connectivity index (χ2n) is 5.34. The monoisotopic (exact) mass is 214 g/mol. The molecule has 0 aliphatic carbocycles. The lowest BCUT2D eigenvalue weighted by Gasteiger charge is -2.20. The van der Waals surface area contributed by atoms with Gasteiger partial charge in [0.1, 0.15) is 6.10 Å². The molecule has 4 heteroatoms. The molecule has 0 bridgehead atoms. The van der Waals surface area contributed by atoms with E-state index in [0.29, 0.717) is 13.1 Å². The number of nitrogens with two attached hydrogens (primary N) is 1. The van der Waals surface area contributed by atoms with Crippen molar-refractivity contribution in [1.82, 2.24) is 5.32 Å². The molecule has 1 saturated heterocycles. The molecule has 0 saturated carbocycles. The number of ether oxygens (including phenoxy) is 1. The maximum absolute atomic E-state index is 11.7. The third-order valence-corrected chi connectivity index (χ3v) is 2.46. The number of rotatable bonds is 3. The minimum absolute atomic E-state index is 0.000810. The highest BCUT2D eigenvalue weighted by molar-refractivity contribution is 5.81. The summed E-state index contributed by atoms with van der Waals surface area (Å²) in [6.45, 7) is 7.45. The van der Waals surface area contributed by atoms with Gasteiger partial charge in [-0.3, -0.25) is 4.79 Å². The minimum atomic E-state index is -0.291. The normalized spacial score (nSPS) is 26.7. The van der Waals surface area contributed by atoms with Gasteiger partial charge in [0.05, 0.1) is 6.10 Å². The van der Waals surface area contributed by atoms with Crippen LogP contribution in [0.15, 0.2) is 0 Å². The first-order valence-corrected chi connectivity index (χ1v) is 5.55. The summed E-state index contributed by atoms with van der Waals surface area (Å²) in [4.78, 5) is 11.7. The van der Waals surface area contributed by atoms with E-state index in [0.717, 1.165) is 12.8 Å². The van der Waals surface area contributed by atoms with Gasteiger partial charge in [0.15, 0.2) is 0 Å². The summed E-state index contributed by atoms with van der Waals surface area (Å²) in [6, 6.07) is 0. The second kappa shape index (κ2) is 4.94. The second-order valence-corrected chi connectivity index (χ2v) is 5.34. The van der Waals surface area contributed by atoms with E-state index in [1.54, 1.807) is 0 Å². The fraction of sp³-hybridized carbons (Fsp3) is 0.909. The Hall–Kier alpha value is -0.610. The quantitative estimate of drug-likeness (QED) is 0.725. The van der Waals surface area contributed by atoms with Crippen LogP contribution >= 0.6 is 0 Å². The Balaban J connectivity index is 2.30. The summed E-state index contributed by atoms with van der Waals surface area (Å²) in [6.07, 6.45) is 1.46. The summed E-state index contributed by atoms with van der Waals surface area (Å²) in [7, 11) is 0. The Bertz CT molecular complexity index is 223. The molecular formula is C11H22N2O2. The van der Waals surface area contributed by atoms with E-state index in [4.69, 9.17) is 10.5 Å². The molecule has 3 N–H and O–H groups in total. The Kier molecular flexibility index (Phi) is 4.11. The molecule has 88 valence electrons. The van der Waals surface area contributed by atoms with E-state index in [1.807, 2.05) is 0 Å². The first-order chi connectivity index (χ1) is 6.92. The van der Waals surface area contributed by atoms with E-state index in [1.165, 1.54) is 0 Å². The zero-order valence-corrected chi connectivity index (χ0v) is 9.88. The van der Waals surface area contributed by atoms with Crippen molar-refractivity contribution in [3.8, 4) is 0 Å². The lowest BCUT2D eigenvalue weighted by Crippen LogP contribution is -2.39. The van der Waals surface area contributed by atoms with Crippen molar-refractivity contribution in [3.05, 3.63) is 0 Å². The summed E-state index contributed by atoms with van der Waals surface area (Å²) < 4.78 is 5.50. The van der Waals surface area contributed by atoms with Crippen molar-refractivity contribution in [2.75, 3.05) is 13.1 Å². The highest BCUT2D eigenvalue weighted by Crippen LogP contribution is 2.19. The zero-order valence-electron chi connectivity index (χ0n) is 9.88. The summed E-state index contributed by atoms with van der Waals surface area (Å²) in [5.74, 6) is 0.000810. The number of amides is 1. The zero-order chi connectivity index (χ0) is 11.5. The molecule has 2 unspecified atom stereocenters. The van der Waals surface area contributed by atoms with Crippen molar-refractivity contribution in [2.45, 2.75) is 45.8 Å². The number of carbonyl (C=O) groups excluding carboxylic acids is 1. The first-order valence-electron chi connectivity index (χ1n) is 5.55. The van der Waals surface area contributed by atoms with Crippen LogP contribution in [0.4, 0.5) is 0 Å². The van der Waals surface area contributed by atoms with Gasteiger partial charge in [0, 0.05) is 13.1 Å². The SMILES string of the molecule is CC(C)(C)CNC(=O)C1CCC(CN)O1. The molecule has 1 aliphatic heterocycles. The molecule has 1 rings (SSSR count). The Labute approximate surface area is 91.5 Å². The van der Waals surface area contributed by atoms with Crippen LogP contribution in [-0.2, 0) is 9.53 Å². The summed E-state index contributed by atoms with van der Waals surface area (Å²) >= 11 is 0. The Morgan fingerprint density at radius 3 is 2.60 bits per heavy atom. The molecule has 2 atom stereocenters. The Morgan fingerprint density at radius 1 is 1.47 bits per heavy atom.